The van der Waals surface area contributed by atoms with Gasteiger partial charge in [0.25, 0.3) is 0 Å². The quantitative estimate of drug-likeness (QED) is 0.688. The predicted molar refractivity (Wildman–Crippen MR) is 116 cm³/mol. The molecule has 0 bridgehead atoms. The predicted octanol–water partition coefficient (Wildman–Crippen LogP) is 3.93. The van der Waals surface area contributed by atoms with Crippen LogP contribution in [-0.4, -0.2) is 45.4 Å². The molecular weight excluding hydrogens is 428 g/mol. The van der Waals surface area contributed by atoms with Crippen LogP contribution in [0.3, 0.4) is 0 Å². The topological polar surface area (TPSA) is 84.9 Å². The Hall–Kier alpha value is -2.29. The first-order chi connectivity index (χ1) is 14.3. The Morgan fingerprint density at radius 3 is 2.50 bits per heavy atom. The lowest BCUT2D eigenvalue weighted by molar-refractivity contribution is -0.117. The van der Waals surface area contributed by atoms with Crippen molar-refractivity contribution in [2.75, 3.05) is 26.1 Å². The molecule has 0 saturated carbocycles. The average molecular weight is 453 g/mol. The summed E-state index contributed by atoms with van der Waals surface area (Å²) in [6.07, 6.45) is 2.34. The Morgan fingerprint density at radius 1 is 1.13 bits per heavy atom. The fraction of sp³-hybridized carbons (Fsp3) is 0.381. The molecule has 2 aromatic carbocycles. The lowest BCUT2D eigenvalue weighted by Gasteiger charge is -2.34. The first kappa shape index (κ1) is 22.4. The molecule has 0 aromatic heterocycles. The van der Waals surface area contributed by atoms with Gasteiger partial charge in [-0.3, -0.25) is 4.79 Å². The van der Waals surface area contributed by atoms with Crippen LogP contribution in [-0.2, 0) is 14.8 Å². The van der Waals surface area contributed by atoms with E-state index in [1.54, 1.807) is 30.3 Å². The molecule has 1 aliphatic heterocycles. The molecular formula is C21H25ClN2O5S. The molecule has 1 heterocycles. The van der Waals surface area contributed by atoms with Gasteiger partial charge in [-0.2, -0.15) is 4.31 Å². The summed E-state index contributed by atoms with van der Waals surface area (Å²) < 4.78 is 38.0. The molecule has 0 radical (unpaired) electrons. The number of nitrogens with zero attached hydrogens (tertiary/aromatic N) is 1. The number of nitrogens with one attached hydrogen (secondary N) is 1. The third-order valence-electron chi connectivity index (χ3n) is 5.10. The fourth-order valence-electron chi connectivity index (χ4n) is 3.55. The van der Waals surface area contributed by atoms with Gasteiger partial charge in [-0.1, -0.05) is 18.0 Å². The van der Waals surface area contributed by atoms with Crippen LogP contribution in [0.15, 0.2) is 47.4 Å². The Balaban J connectivity index is 1.73. The number of halogens is 1. The zero-order valence-corrected chi connectivity index (χ0v) is 18.5. The number of methoxy groups -OCH3 is 2. The van der Waals surface area contributed by atoms with Crippen LogP contribution >= 0.6 is 11.6 Å². The summed E-state index contributed by atoms with van der Waals surface area (Å²) >= 11 is 6.10. The van der Waals surface area contributed by atoms with Crippen LogP contribution in [0, 0.1) is 0 Å². The maximum atomic E-state index is 13.2. The minimum Gasteiger partial charge on any atom is -0.497 e. The van der Waals surface area contributed by atoms with Crippen molar-refractivity contribution in [1.82, 2.24) is 4.31 Å². The van der Waals surface area contributed by atoms with Crippen molar-refractivity contribution in [2.45, 2.75) is 36.6 Å². The van der Waals surface area contributed by atoms with E-state index in [1.165, 1.54) is 30.7 Å². The van der Waals surface area contributed by atoms with E-state index in [-0.39, 0.29) is 17.2 Å². The van der Waals surface area contributed by atoms with Gasteiger partial charge >= 0.3 is 0 Å². The second-order valence-electron chi connectivity index (χ2n) is 7.04. The molecule has 2 aromatic rings. The number of carbonyl (C=O) groups is 1. The molecule has 1 aliphatic rings. The summed E-state index contributed by atoms with van der Waals surface area (Å²) in [7, 11) is -0.669. The van der Waals surface area contributed by atoms with Crippen LogP contribution in [0.5, 0.6) is 11.5 Å². The number of ether oxygens (including phenoxy) is 2. The highest BCUT2D eigenvalue weighted by molar-refractivity contribution is 7.89. The van der Waals surface area contributed by atoms with E-state index < -0.39 is 16.1 Å². The van der Waals surface area contributed by atoms with Crippen molar-refractivity contribution in [3.05, 3.63) is 47.5 Å². The molecule has 1 fully saturated rings. The minimum absolute atomic E-state index is 0.0685. The van der Waals surface area contributed by atoms with Crippen molar-refractivity contribution < 1.29 is 22.7 Å². The van der Waals surface area contributed by atoms with Gasteiger partial charge in [-0.15, -0.1) is 0 Å². The van der Waals surface area contributed by atoms with E-state index in [0.717, 1.165) is 12.8 Å². The second-order valence-corrected chi connectivity index (χ2v) is 9.34. The number of carbonyl (C=O) groups excluding carboxylic acids is 1. The van der Waals surface area contributed by atoms with E-state index in [4.69, 9.17) is 21.1 Å². The SMILES string of the molecule is COc1ccc(S(=O)(=O)N2CCCC[C@@H]2CC(=O)Nc2ccc(OC)c(Cl)c2)cc1. The lowest BCUT2D eigenvalue weighted by atomic mass is 10.0. The molecule has 7 nitrogen and oxygen atoms in total. The number of hydrogen-bond acceptors (Lipinski definition) is 5. The molecule has 3 rings (SSSR count). The summed E-state index contributed by atoms with van der Waals surface area (Å²) in [6.45, 7) is 0.390. The summed E-state index contributed by atoms with van der Waals surface area (Å²) in [5.41, 5.74) is 0.533. The van der Waals surface area contributed by atoms with E-state index in [0.29, 0.717) is 35.2 Å². The highest BCUT2D eigenvalue weighted by atomic mass is 35.5. The van der Waals surface area contributed by atoms with Crippen molar-refractivity contribution in [3.63, 3.8) is 0 Å². The number of anilines is 1. The molecule has 0 unspecified atom stereocenters. The average Bonchev–Trinajstić information content (AvgIpc) is 2.74. The van der Waals surface area contributed by atoms with E-state index >= 15 is 0 Å². The molecule has 162 valence electrons. The Labute approximate surface area is 182 Å². The molecule has 0 aliphatic carbocycles. The zero-order valence-electron chi connectivity index (χ0n) is 16.9. The van der Waals surface area contributed by atoms with Gasteiger partial charge in [-0.25, -0.2) is 8.42 Å². The van der Waals surface area contributed by atoms with Crippen LogP contribution in [0.2, 0.25) is 5.02 Å². The van der Waals surface area contributed by atoms with Gasteiger partial charge in [0.15, 0.2) is 0 Å². The van der Waals surface area contributed by atoms with Gasteiger partial charge in [0.05, 0.1) is 24.1 Å². The van der Waals surface area contributed by atoms with Crippen LogP contribution in [0.1, 0.15) is 25.7 Å². The maximum Gasteiger partial charge on any atom is 0.243 e. The number of rotatable bonds is 7. The number of hydrogen-bond donors (Lipinski definition) is 1. The van der Waals surface area contributed by atoms with Gasteiger partial charge < -0.3 is 14.8 Å². The molecule has 1 amide bonds. The molecule has 30 heavy (non-hydrogen) atoms. The third kappa shape index (κ3) is 5.06. The summed E-state index contributed by atoms with van der Waals surface area (Å²) in [5, 5.41) is 3.18. The van der Waals surface area contributed by atoms with Gasteiger partial charge in [0.2, 0.25) is 15.9 Å². The Kier molecular flexibility index (Phi) is 7.23. The molecule has 1 N–H and O–H groups in total. The number of benzene rings is 2. The van der Waals surface area contributed by atoms with Crippen molar-refractivity contribution in [1.29, 1.82) is 0 Å². The molecule has 9 heteroatoms. The number of piperidine rings is 1. The summed E-state index contributed by atoms with van der Waals surface area (Å²) in [6, 6.07) is 10.8. The van der Waals surface area contributed by atoms with E-state index in [9.17, 15) is 13.2 Å². The molecule has 1 atom stereocenters. The normalized spacial score (nSPS) is 17.4. The number of sulfonamides is 1. The monoisotopic (exact) mass is 452 g/mol. The first-order valence-electron chi connectivity index (χ1n) is 9.64. The van der Waals surface area contributed by atoms with Crippen LogP contribution < -0.4 is 14.8 Å². The number of amides is 1. The van der Waals surface area contributed by atoms with Gasteiger partial charge in [0, 0.05) is 24.7 Å². The fourth-order valence-corrected chi connectivity index (χ4v) is 5.50. The molecule has 0 spiro atoms. The van der Waals surface area contributed by atoms with Crippen molar-refractivity contribution in [3.8, 4) is 11.5 Å². The van der Waals surface area contributed by atoms with Crippen molar-refractivity contribution >= 4 is 33.2 Å². The van der Waals surface area contributed by atoms with Crippen LogP contribution in [0.25, 0.3) is 0 Å². The first-order valence-corrected chi connectivity index (χ1v) is 11.5. The van der Waals surface area contributed by atoms with Crippen LogP contribution in [0.4, 0.5) is 5.69 Å². The Morgan fingerprint density at radius 2 is 1.87 bits per heavy atom. The second kappa shape index (κ2) is 9.68. The van der Waals surface area contributed by atoms with Gasteiger partial charge in [-0.05, 0) is 55.3 Å². The third-order valence-corrected chi connectivity index (χ3v) is 7.36. The smallest absolute Gasteiger partial charge is 0.243 e. The Bertz CT molecular complexity index is 995. The summed E-state index contributed by atoms with van der Waals surface area (Å²) in [5.74, 6) is 0.832. The zero-order chi connectivity index (χ0) is 21.7. The van der Waals surface area contributed by atoms with E-state index in [1.807, 2.05) is 0 Å². The maximum absolute atomic E-state index is 13.2. The highest BCUT2D eigenvalue weighted by Crippen LogP contribution is 2.30. The largest absolute Gasteiger partial charge is 0.497 e. The van der Waals surface area contributed by atoms with E-state index in [2.05, 4.69) is 5.32 Å². The lowest BCUT2D eigenvalue weighted by Crippen LogP contribution is -2.45. The summed E-state index contributed by atoms with van der Waals surface area (Å²) in [4.78, 5) is 12.8. The van der Waals surface area contributed by atoms with Gasteiger partial charge in [0.1, 0.15) is 11.5 Å². The standard InChI is InChI=1S/C21H25ClN2O5S/c1-28-17-7-9-18(10-8-17)30(26,27)24-12-4-3-5-16(24)14-21(25)23-15-6-11-20(29-2)19(22)13-15/h6-11,13,16H,3-5,12,14H2,1-2H3,(H,23,25)/t16-/m1/s1. The van der Waals surface area contributed by atoms with Crippen molar-refractivity contribution in [2.24, 2.45) is 0 Å². The highest BCUT2D eigenvalue weighted by Gasteiger charge is 2.34. The molecule has 1 saturated heterocycles. The minimum atomic E-state index is -3.71.